The van der Waals surface area contributed by atoms with Crippen LogP contribution in [-0.2, 0) is 20.3 Å². The van der Waals surface area contributed by atoms with Crippen molar-refractivity contribution in [1.29, 1.82) is 0 Å². The Hall–Kier alpha value is -2.02. The molecule has 3 rings (SSSR count). The Balaban J connectivity index is 1.78. The second-order valence-corrected chi connectivity index (χ2v) is 6.48. The fourth-order valence-electron chi connectivity index (χ4n) is 2.51. The molecule has 5 nitrogen and oxygen atoms in total. The topological polar surface area (TPSA) is 38.9 Å². The highest BCUT2D eigenvalue weighted by Crippen LogP contribution is 2.16. The molecule has 7 heteroatoms. The minimum absolute atomic E-state index is 0.611. The minimum atomic E-state index is 0.611. The van der Waals surface area contributed by atoms with Gasteiger partial charge >= 0.3 is 0 Å². The average molecular weight is 360 g/mol. The van der Waals surface area contributed by atoms with Crippen LogP contribution in [0.1, 0.15) is 5.56 Å². The number of rotatable bonds is 5. The summed E-state index contributed by atoms with van der Waals surface area (Å²) >= 11 is 11.4. The second-order valence-electron chi connectivity index (χ2n) is 5.68. The van der Waals surface area contributed by atoms with Gasteiger partial charge in [0.1, 0.15) is 0 Å². The largest absolute Gasteiger partial charge is 0.303 e. The van der Waals surface area contributed by atoms with Gasteiger partial charge in [-0.05, 0) is 49.1 Å². The molecule has 0 spiro atoms. The smallest absolute Gasteiger partial charge is 0.199 e. The van der Waals surface area contributed by atoms with Gasteiger partial charge in [0.05, 0.1) is 6.67 Å². The molecule has 2 aromatic heterocycles. The quantitative estimate of drug-likeness (QED) is 0.650. The number of benzene rings is 1. The molecule has 0 atom stereocenters. The van der Waals surface area contributed by atoms with Crippen molar-refractivity contribution in [3.63, 3.8) is 0 Å². The van der Waals surface area contributed by atoms with E-state index < -0.39 is 0 Å². The summed E-state index contributed by atoms with van der Waals surface area (Å²) in [5, 5.41) is 5.41. The third-order valence-electron chi connectivity index (χ3n) is 3.72. The maximum atomic E-state index is 5.93. The lowest BCUT2D eigenvalue weighted by Gasteiger charge is -2.16. The van der Waals surface area contributed by atoms with E-state index in [4.69, 9.17) is 23.8 Å². The lowest BCUT2D eigenvalue weighted by Crippen LogP contribution is -2.22. The van der Waals surface area contributed by atoms with Gasteiger partial charge in [0.15, 0.2) is 10.6 Å². The van der Waals surface area contributed by atoms with E-state index in [0.29, 0.717) is 11.4 Å². The Morgan fingerprint density at radius 3 is 2.46 bits per heavy atom. The SMILES string of the molecule is CN(Cc1ccc(Cl)cc1)Cn1nc(-c2ccncc2)n(C)c1=S. The van der Waals surface area contributed by atoms with E-state index in [1.165, 1.54) is 5.56 Å². The summed E-state index contributed by atoms with van der Waals surface area (Å²) in [6.45, 7) is 1.40. The van der Waals surface area contributed by atoms with E-state index in [2.05, 4.69) is 15.0 Å². The van der Waals surface area contributed by atoms with E-state index in [9.17, 15) is 0 Å². The molecule has 124 valence electrons. The van der Waals surface area contributed by atoms with Crippen LogP contribution in [0, 0.1) is 4.77 Å². The van der Waals surface area contributed by atoms with Crippen molar-refractivity contribution in [1.82, 2.24) is 24.2 Å². The van der Waals surface area contributed by atoms with Crippen molar-refractivity contribution in [3.05, 3.63) is 64.1 Å². The van der Waals surface area contributed by atoms with Crippen molar-refractivity contribution >= 4 is 23.8 Å². The van der Waals surface area contributed by atoms with E-state index in [1.807, 2.05) is 59.7 Å². The third kappa shape index (κ3) is 3.72. The Morgan fingerprint density at radius 2 is 1.79 bits per heavy atom. The molecular weight excluding hydrogens is 342 g/mol. The molecule has 0 fully saturated rings. The van der Waals surface area contributed by atoms with Crippen LogP contribution in [0.25, 0.3) is 11.4 Å². The Kier molecular flexibility index (Phi) is 5.08. The summed E-state index contributed by atoms with van der Waals surface area (Å²) in [4.78, 5) is 6.20. The summed E-state index contributed by atoms with van der Waals surface area (Å²) in [6, 6.07) is 11.7. The van der Waals surface area contributed by atoms with Crippen LogP contribution < -0.4 is 0 Å². The van der Waals surface area contributed by atoms with Gasteiger partial charge in [0.2, 0.25) is 0 Å². The molecule has 0 aliphatic heterocycles. The predicted octanol–water partition coefficient (Wildman–Crippen LogP) is 3.76. The van der Waals surface area contributed by atoms with Gasteiger partial charge in [-0.15, -0.1) is 0 Å². The summed E-state index contributed by atoms with van der Waals surface area (Å²) in [6.07, 6.45) is 3.51. The molecule has 0 aliphatic carbocycles. The fraction of sp³-hybridized carbons (Fsp3) is 0.235. The molecular formula is C17H18ClN5S. The van der Waals surface area contributed by atoms with Crippen molar-refractivity contribution in [3.8, 4) is 11.4 Å². The first-order valence-electron chi connectivity index (χ1n) is 7.52. The first-order valence-corrected chi connectivity index (χ1v) is 8.30. The molecule has 0 unspecified atom stereocenters. The molecule has 0 saturated carbocycles. The molecule has 0 aliphatic rings. The lowest BCUT2D eigenvalue weighted by molar-refractivity contribution is 0.244. The molecule has 24 heavy (non-hydrogen) atoms. The number of aromatic nitrogens is 4. The van der Waals surface area contributed by atoms with Gasteiger partial charge in [0, 0.05) is 36.6 Å². The number of halogens is 1. The first kappa shape index (κ1) is 16.8. The highest BCUT2D eigenvalue weighted by atomic mass is 35.5. The van der Waals surface area contributed by atoms with Crippen molar-refractivity contribution < 1.29 is 0 Å². The van der Waals surface area contributed by atoms with E-state index >= 15 is 0 Å². The molecule has 0 amide bonds. The zero-order valence-electron chi connectivity index (χ0n) is 13.6. The summed E-state index contributed by atoms with van der Waals surface area (Å²) in [7, 11) is 3.97. The maximum absolute atomic E-state index is 5.93. The summed E-state index contributed by atoms with van der Waals surface area (Å²) in [5.41, 5.74) is 2.19. The van der Waals surface area contributed by atoms with Gasteiger partial charge in [-0.3, -0.25) is 9.88 Å². The van der Waals surface area contributed by atoms with Crippen LogP contribution in [0.3, 0.4) is 0 Å². The number of hydrogen-bond donors (Lipinski definition) is 0. The number of hydrogen-bond acceptors (Lipinski definition) is 4. The standard InChI is InChI=1S/C17H18ClN5S/c1-21(11-13-3-5-15(18)6-4-13)12-23-17(24)22(2)16(20-23)14-7-9-19-10-8-14/h3-10H,11-12H2,1-2H3. The van der Waals surface area contributed by atoms with Crippen LogP contribution >= 0.6 is 23.8 Å². The molecule has 2 heterocycles. The molecule has 1 aromatic carbocycles. The van der Waals surface area contributed by atoms with Gasteiger partial charge in [0.25, 0.3) is 0 Å². The number of pyridine rings is 1. The van der Waals surface area contributed by atoms with Gasteiger partial charge in [-0.25, -0.2) is 4.68 Å². The molecule has 0 saturated heterocycles. The fourth-order valence-corrected chi connectivity index (χ4v) is 2.82. The zero-order chi connectivity index (χ0) is 17.1. The monoisotopic (exact) mass is 359 g/mol. The van der Waals surface area contributed by atoms with Crippen LogP contribution in [0.2, 0.25) is 5.02 Å². The predicted molar refractivity (Wildman–Crippen MR) is 98.2 cm³/mol. The van der Waals surface area contributed by atoms with Crippen LogP contribution in [0.15, 0.2) is 48.8 Å². The Labute approximate surface area is 151 Å². The highest BCUT2D eigenvalue weighted by Gasteiger charge is 2.11. The number of nitrogens with zero attached hydrogens (tertiary/aromatic N) is 5. The van der Waals surface area contributed by atoms with E-state index in [1.54, 1.807) is 12.4 Å². The first-order chi connectivity index (χ1) is 11.5. The lowest BCUT2D eigenvalue weighted by atomic mass is 10.2. The minimum Gasteiger partial charge on any atom is -0.303 e. The van der Waals surface area contributed by atoms with Crippen molar-refractivity contribution in [2.24, 2.45) is 7.05 Å². The molecule has 0 bridgehead atoms. The van der Waals surface area contributed by atoms with E-state index in [0.717, 1.165) is 23.0 Å². The van der Waals surface area contributed by atoms with E-state index in [-0.39, 0.29) is 0 Å². The van der Waals surface area contributed by atoms with Crippen LogP contribution in [-0.4, -0.2) is 31.3 Å². The Bertz CT molecular complexity index is 870. The van der Waals surface area contributed by atoms with Crippen LogP contribution in [0.5, 0.6) is 0 Å². The van der Waals surface area contributed by atoms with Crippen molar-refractivity contribution in [2.75, 3.05) is 7.05 Å². The summed E-state index contributed by atoms with van der Waals surface area (Å²) < 4.78 is 4.44. The van der Waals surface area contributed by atoms with Crippen LogP contribution in [0.4, 0.5) is 0 Å². The molecule has 0 radical (unpaired) electrons. The highest BCUT2D eigenvalue weighted by molar-refractivity contribution is 7.71. The van der Waals surface area contributed by atoms with Gasteiger partial charge in [-0.1, -0.05) is 23.7 Å². The normalized spacial score (nSPS) is 11.2. The van der Waals surface area contributed by atoms with Crippen molar-refractivity contribution in [2.45, 2.75) is 13.2 Å². The third-order valence-corrected chi connectivity index (χ3v) is 4.46. The molecule has 3 aromatic rings. The maximum Gasteiger partial charge on any atom is 0.199 e. The molecule has 0 N–H and O–H groups in total. The van der Waals surface area contributed by atoms with Gasteiger partial charge < -0.3 is 4.57 Å². The average Bonchev–Trinajstić information content (AvgIpc) is 2.86. The van der Waals surface area contributed by atoms with Gasteiger partial charge in [-0.2, -0.15) is 5.10 Å². The Morgan fingerprint density at radius 1 is 1.12 bits per heavy atom. The zero-order valence-corrected chi connectivity index (χ0v) is 15.1. The summed E-state index contributed by atoms with van der Waals surface area (Å²) in [5.74, 6) is 0.835. The second kappa shape index (κ2) is 7.25.